The first kappa shape index (κ1) is 34.8. The number of hydrogen-bond donors (Lipinski definition) is 3. The highest BCUT2D eigenvalue weighted by Crippen LogP contribution is 2.41. The molecule has 3 aromatic heterocycles. The van der Waals surface area contributed by atoms with Crippen LogP contribution in [0.1, 0.15) is 65.4 Å². The number of pyridine rings is 1. The number of carbonyl (C=O) groups excluding carboxylic acids is 3. The van der Waals surface area contributed by atoms with E-state index in [0.717, 1.165) is 119 Å². The maximum Gasteiger partial charge on any atom is 0.263 e. The number of nitrogens with one attached hydrogen (secondary N) is 3. The Hall–Kier alpha value is -4.98. The van der Waals surface area contributed by atoms with Crippen LogP contribution in [0, 0.1) is 0 Å². The lowest BCUT2D eigenvalue weighted by Gasteiger charge is -2.38. The van der Waals surface area contributed by atoms with Gasteiger partial charge in [-0.15, -0.1) is 16.4 Å². The van der Waals surface area contributed by atoms with Gasteiger partial charge in [0.1, 0.15) is 10.6 Å². The van der Waals surface area contributed by atoms with E-state index in [0.29, 0.717) is 25.3 Å². The van der Waals surface area contributed by atoms with Gasteiger partial charge < -0.3 is 20.4 Å². The highest BCUT2D eigenvalue weighted by Gasteiger charge is 2.29. The Kier molecular flexibility index (Phi) is 9.46. The number of carbonyl (C=O) groups is 3. The zero-order valence-corrected chi connectivity index (χ0v) is 31.3. The molecule has 9 rings (SSSR count). The molecule has 278 valence electrons. The van der Waals surface area contributed by atoms with E-state index in [2.05, 4.69) is 72.1 Å². The van der Waals surface area contributed by atoms with Crippen molar-refractivity contribution in [3.8, 4) is 11.4 Å². The largest absolute Gasteiger partial charge is 0.381 e. The second kappa shape index (κ2) is 14.7. The predicted molar refractivity (Wildman–Crippen MR) is 212 cm³/mol. The SMILES string of the molecule is C[C@@H]1CNc2c(sc3ccc4nc(-c5ccc(C6CCN(CCN7CCN(c8ccc(C9CCC(=O)NC9=O)cc8)CC7)CC6)nn5)ccc4c23)C(=O)N1. The van der Waals surface area contributed by atoms with E-state index in [-0.39, 0.29) is 29.7 Å². The van der Waals surface area contributed by atoms with E-state index in [1.165, 1.54) is 17.0 Å². The standard InChI is InChI=1S/C41H45N9O3S/c1-25-24-42-38-37-30-6-8-33(44-32(30)11-12-35(37)54-39(38)41(53)43-25)34-10-9-31(46-47-34)27-14-16-48(17-15-27)18-19-49-20-22-50(23-21-49)28-4-2-26(3-5-28)29-7-13-36(51)45-40(29)52/h2-6,8-12,25,27,29,42H,7,13-24H2,1H3,(H,43,53)(H,45,51,52)/t25-,29?/m1/s1. The lowest BCUT2D eigenvalue weighted by molar-refractivity contribution is -0.134. The van der Waals surface area contributed by atoms with Crippen LogP contribution in [0.3, 0.4) is 0 Å². The van der Waals surface area contributed by atoms with Crippen LogP contribution in [0.4, 0.5) is 11.4 Å². The van der Waals surface area contributed by atoms with Gasteiger partial charge in [-0.05, 0) is 93.4 Å². The second-order valence-corrected chi connectivity index (χ2v) is 16.2. The second-order valence-electron chi connectivity index (χ2n) is 15.1. The number of piperidine rings is 2. The third kappa shape index (κ3) is 6.91. The number of nitrogens with zero attached hydrogens (tertiary/aromatic N) is 6. The summed E-state index contributed by atoms with van der Waals surface area (Å²) >= 11 is 1.52. The van der Waals surface area contributed by atoms with Crippen LogP contribution >= 0.6 is 11.3 Å². The van der Waals surface area contributed by atoms with Crippen LogP contribution in [0.15, 0.2) is 60.7 Å². The van der Waals surface area contributed by atoms with E-state index < -0.39 is 0 Å². The topological polar surface area (TPSA) is 136 Å². The summed E-state index contributed by atoms with van der Waals surface area (Å²) in [5.74, 6) is -0.213. The molecule has 3 amide bonds. The number of anilines is 2. The fourth-order valence-electron chi connectivity index (χ4n) is 8.46. The number of likely N-dealkylation sites (tertiary alicyclic amines) is 1. The van der Waals surface area contributed by atoms with Crippen LogP contribution in [-0.2, 0) is 9.59 Å². The number of fused-ring (bicyclic) bond motifs is 5. The highest BCUT2D eigenvalue weighted by molar-refractivity contribution is 7.21. The van der Waals surface area contributed by atoms with Gasteiger partial charge in [-0.1, -0.05) is 12.1 Å². The third-order valence-corrected chi connectivity index (χ3v) is 12.8. The highest BCUT2D eigenvalue weighted by atomic mass is 32.1. The summed E-state index contributed by atoms with van der Waals surface area (Å²) in [5, 5.41) is 20.4. The van der Waals surface area contributed by atoms with Gasteiger partial charge >= 0.3 is 0 Å². The van der Waals surface area contributed by atoms with Gasteiger partial charge in [0.2, 0.25) is 11.8 Å². The van der Waals surface area contributed by atoms with Gasteiger partial charge in [0.15, 0.2) is 0 Å². The van der Waals surface area contributed by atoms with Crippen molar-refractivity contribution < 1.29 is 14.4 Å². The van der Waals surface area contributed by atoms with Crippen molar-refractivity contribution in [2.45, 2.75) is 50.5 Å². The molecule has 3 N–H and O–H groups in total. The van der Waals surface area contributed by atoms with Gasteiger partial charge in [-0.25, -0.2) is 4.98 Å². The van der Waals surface area contributed by atoms with E-state index >= 15 is 0 Å². The average molecular weight is 744 g/mol. The molecule has 3 saturated heterocycles. The Balaban J connectivity index is 0.755. The molecule has 0 radical (unpaired) electrons. The zero-order valence-electron chi connectivity index (χ0n) is 30.5. The summed E-state index contributed by atoms with van der Waals surface area (Å²) in [6.45, 7) is 11.0. The summed E-state index contributed by atoms with van der Waals surface area (Å²) < 4.78 is 1.07. The average Bonchev–Trinajstić information content (AvgIpc) is 3.52. The third-order valence-electron chi connectivity index (χ3n) is 11.6. The van der Waals surface area contributed by atoms with Crippen LogP contribution in [0.2, 0.25) is 0 Å². The molecule has 13 heteroatoms. The first-order valence-electron chi connectivity index (χ1n) is 19.2. The van der Waals surface area contributed by atoms with Crippen LogP contribution < -0.4 is 20.9 Å². The van der Waals surface area contributed by atoms with E-state index in [1.807, 2.05) is 31.2 Å². The summed E-state index contributed by atoms with van der Waals surface area (Å²) in [7, 11) is 0. The monoisotopic (exact) mass is 743 g/mol. The minimum atomic E-state index is -0.239. The Morgan fingerprint density at radius 1 is 0.796 bits per heavy atom. The molecule has 4 aliphatic heterocycles. The molecule has 3 fully saturated rings. The van der Waals surface area contributed by atoms with Gasteiger partial charge in [0, 0.05) is 85.4 Å². The Morgan fingerprint density at radius 2 is 1.56 bits per heavy atom. The lowest BCUT2D eigenvalue weighted by Crippen LogP contribution is -2.49. The molecule has 0 aliphatic carbocycles. The molecule has 7 heterocycles. The van der Waals surface area contributed by atoms with Gasteiger partial charge in [-0.3, -0.25) is 24.6 Å². The Morgan fingerprint density at radius 3 is 2.30 bits per heavy atom. The lowest BCUT2D eigenvalue weighted by atomic mass is 9.90. The number of piperazine rings is 1. The van der Waals surface area contributed by atoms with Crippen molar-refractivity contribution in [3.05, 3.63) is 76.8 Å². The Bertz CT molecular complexity index is 2210. The first-order valence-corrected chi connectivity index (χ1v) is 20.1. The molecule has 12 nitrogen and oxygen atoms in total. The fraction of sp³-hybridized carbons (Fsp3) is 0.415. The van der Waals surface area contributed by atoms with Crippen molar-refractivity contribution in [1.82, 2.24) is 35.6 Å². The molecular weight excluding hydrogens is 699 g/mol. The molecule has 2 atom stereocenters. The Labute approximate surface area is 318 Å². The molecule has 0 saturated carbocycles. The maximum atomic E-state index is 12.8. The van der Waals surface area contributed by atoms with Crippen molar-refractivity contribution in [1.29, 1.82) is 0 Å². The number of thiophene rings is 1. The molecule has 1 unspecified atom stereocenters. The van der Waals surface area contributed by atoms with Crippen molar-refractivity contribution in [2.24, 2.45) is 0 Å². The van der Waals surface area contributed by atoms with Gasteiger partial charge in [0.25, 0.3) is 5.91 Å². The number of hydrogen-bond acceptors (Lipinski definition) is 11. The van der Waals surface area contributed by atoms with Crippen molar-refractivity contribution in [2.75, 3.05) is 69.1 Å². The zero-order chi connectivity index (χ0) is 36.8. The molecule has 0 spiro atoms. The quantitative estimate of drug-likeness (QED) is 0.196. The molecular formula is C41H45N9O3S. The van der Waals surface area contributed by atoms with Crippen LogP contribution in [0.25, 0.3) is 32.4 Å². The summed E-state index contributed by atoms with van der Waals surface area (Å²) in [6.07, 6.45) is 3.14. The summed E-state index contributed by atoms with van der Waals surface area (Å²) in [4.78, 5) is 49.9. The molecule has 5 aromatic rings. The van der Waals surface area contributed by atoms with Gasteiger partial charge in [0.05, 0.1) is 28.5 Å². The number of imide groups is 1. The minimum absolute atomic E-state index is 0.0246. The number of benzene rings is 2. The van der Waals surface area contributed by atoms with E-state index in [9.17, 15) is 14.4 Å². The van der Waals surface area contributed by atoms with Crippen LogP contribution in [0.5, 0.6) is 0 Å². The molecule has 0 bridgehead atoms. The van der Waals surface area contributed by atoms with Crippen molar-refractivity contribution >= 4 is 61.4 Å². The summed E-state index contributed by atoms with van der Waals surface area (Å²) in [6, 6.07) is 20.8. The first-order chi connectivity index (χ1) is 26.4. The number of amides is 3. The van der Waals surface area contributed by atoms with Crippen LogP contribution in [-0.4, -0.2) is 108 Å². The molecule has 2 aromatic carbocycles. The number of rotatable bonds is 7. The predicted octanol–water partition coefficient (Wildman–Crippen LogP) is 4.97. The normalized spacial score (nSPS) is 21.8. The minimum Gasteiger partial charge on any atom is -0.381 e. The smallest absolute Gasteiger partial charge is 0.263 e. The number of aromatic nitrogens is 3. The maximum absolute atomic E-state index is 12.8. The molecule has 4 aliphatic rings. The molecule has 54 heavy (non-hydrogen) atoms. The van der Waals surface area contributed by atoms with Gasteiger partial charge in [-0.2, -0.15) is 5.10 Å². The van der Waals surface area contributed by atoms with E-state index in [1.54, 1.807) is 0 Å². The summed E-state index contributed by atoms with van der Waals surface area (Å²) in [5.41, 5.74) is 6.56. The fourth-order valence-corrected chi connectivity index (χ4v) is 9.56. The van der Waals surface area contributed by atoms with Crippen molar-refractivity contribution in [3.63, 3.8) is 0 Å². The van der Waals surface area contributed by atoms with E-state index in [4.69, 9.17) is 10.1 Å².